The summed E-state index contributed by atoms with van der Waals surface area (Å²) < 4.78 is 7.72. The van der Waals surface area contributed by atoms with Crippen LogP contribution in [0, 0.1) is 22.7 Å². The van der Waals surface area contributed by atoms with Crippen molar-refractivity contribution in [3.63, 3.8) is 0 Å². The first kappa shape index (κ1) is 20.1. The molecule has 4 rings (SSSR count). The van der Waals surface area contributed by atoms with Gasteiger partial charge in [-0.2, -0.15) is 15.6 Å². The standard InChI is InChI=1S/C23H20N6O2/c1-29-14-18(13-27-29)20(26-10-9-15-5-7-16(11-24)8-6-15)22-23(30)28-19-4-2-3-17(12-25)21(19)31-22/h2-8,13-14,20,22,26H,9-10H2,1H3,(H,28,30)/t20-,22+/m1/s1. The fourth-order valence-electron chi connectivity index (χ4n) is 3.57. The van der Waals surface area contributed by atoms with Crippen LogP contribution in [0.15, 0.2) is 54.9 Å². The predicted molar refractivity (Wildman–Crippen MR) is 113 cm³/mol. The number of para-hydroxylation sites is 1. The fraction of sp³-hybridized carbons (Fsp3) is 0.217. The lowest BCUT2D eigenvalue weighted by Crippen LogP contribution is -2.47. The summed E-state index contributed by atoms with van der Waals surface area (Å²) in [4.78, 5) is 12.9. The molecule has 8 nitrogen and oxygen atoms in total. The molecule has 2 atom stereocenters. The minimum atomic E-state index is -0.868. The van der Waals surface area contributed by atoms with Crippen LogP contribution < -0.4 is 15.4 Å². The summed E-state index contributed by atoms with van der Waals surface area (Å²) in [5.41, 5.74) is 3.35. The third kappa shape index (κ3) is 4.25. The van der Waals surface area contributed by atoms with Gasteiger partial charge in [-0.3, -0.25) is 9.48 Å². The molecule has 0 fully saturated rings. The first-order valence-electron chi connectivity index (χ1n) is 9.80. The van der Waals surface area contributed by atoms with Crippen molar-refractivity contribution in [2.24, 2.45) is 7.05 Å². The number of benzene rings is 2. The summed E-state index contributed by atoms with van der Waals surface area (Å²) in [7, 11) is 1.81. The number of aryl methyl sites for hydroxylation is 1. The molecule has 0 spiro atoms. The topological polar surface area (TPSA) is 116 Å². The van der Waals surface area contributed by atoms with Crippen LogP contribution in [0.4, 0.5) is 5.69 Å². The average Bonchev–Trinajstić information content (AvgIpc) is 3.22. The van der Waals surface area contributed by atoms with Crippen LogP contribution in [0.3, 0.4) is 0 Å². The molecule has 1 aromatic heterocycles. The monoisotopic (exact) mass is 412 g/mol. The van der Waals surface area contributed by atoms with E-state index >= 15 is 0 Å². The minimum Gasteiger partial charge on any atom is -0.475 e. The molecular formula is C23H20N6O2. The van der Waals surface area contributed by atoms with E-state index in [9.17, 15) is 10.1 Å². The average molecular weight is 412 g/mol. The molecule has 1 aliphatic heterocycles. The van der Waals surface area contributed by atoms with E-state index in [2.05, 4.69) is 27.9 Å². The van der Waals surface area contributed by atoms with Gasteiger partial charge in [0.2, 0.25) is 0 Å². The number of carbonyl (C=O) groups is 1. The number of rotatable bonds is 6. The molecule has 3 aromatic rings. The highest BCUT2D eigenvalue weighted by molar-refractivity contribution is 5.98. The van der Waals surface area contributed by atoms with Crippen LogP contribution in [-0.2, 0) is 18.3 Å². The molecule has 1 aliphatic rings. The molecular weight excluding hydrogens is 392 g/mol. The van der Waals surface area contributed by atoms with Crippen LogP contribution in [0.25, 0.3) is 0 Å². The van der Waals surface area contributed by atoms with Crippen LogP contribution in [0.5, 0.6) is 5.75 Å². The zero-order valence-electron chi connectivity index (χ0n) is 16.9. The second-order valence-electron chi connectivity index (χ2n) is 7.26. The van der Waals surface area contributed by atoms with E-state index < -0.39 is 12.1 Å². The smallest absolute Gasteiger partial charge is 0.267 e. The Morgan fingerprint density at radius 3 is 2.71 bits per heavy atom. The van der Waals surface area contributed by atoms with E-state index in [0.29, 0.717) is 35.5 Å². The normalized spacial score (nSPS) is 15.7. The number of ether oxygens (including phenoxy) is 1. The number of hydrogen-bond donors (Lipinski definition) is 2. The summed E-state index contributed by atoms with van der Waals surface area (Å²) in [6, 6.07) is 16.2. The number of nitrogens with zero attached hydrogens (tertiary/aromatic N) is 4. The van der Waals surface area contributed by atoms with Crippen LogP contribution in [0.2, 0.25) is 0 Å². The SMILES string of the molecule is Cn1cc([C@@H](NCCc2ccc(C#N)cc2)[C@@H]2Oc3c(C#N)cccc3NC2=O)cn1. The third-order valence-corrected chi connectivity index (χ3v) is 5.14. The minimum absolute atomic E-state index is 0.290. The number of nitriles is 2. The second kappa shape index (κ2) is 8.70. The van der Waals surface area contributed by atoms with Gasteiger partial charge in [0, 0.05) is 18.8 Å². The van der Waals surface area contributed by atoms with Crippen LogP contribution >= 0.6 is 0 Å². The number of hydrogen-bond acceptors (Lipinski definition) is 6. The number of nitrogens with one attached hydrogen (secondary N) is 2. The van der Waals surface area contributed by atoms with Gasteiger partial charge in [-0.15, -0.1) is 0 Å². The van der Waals surface area contributed by atoms with Gasteiger partial charge in [0.1, 0.15) is 6.07 Å². The first-order chi connectivity index (χ1) is 15.1. The predicted octanol–water partition coefficient (Wildman–Crippen LogP) is 2.44. The number of carbonyl (C=O) groups excluding carboxylic acids is 1. The number of amides is 1. The van der Waals surface area contributed by atoms with Crippen molar-refractivity contribution < 1.29 is 9.53 Å². The maximum absolute atomic E-state index is 12.9. The maximum Gasteiger partial charge on any atom is 0.267 e. The number of anilines is 1. The Balaban J connectivity index is 1.56. The first-order valence-corrected chi connectivity index (χ1v) is 9.80. The Labute approximate surface area is 179 Å². The van der Waals surface area contributed by atoms with Gasteiger partial charge in [0.05, 0.1) is 35.1 Å². The Kier molecular flexibility index (Phi) is 5.65. The van der Waals surface area contributed by atoms with Crippen molar-refractivity contribution >= 4 is 11.6 Å². The molecule has 0 radical (unpaired) electrons. The summed E-state index contributed by atoms with van der Waals surface area (Å²) in [6.07, 6.45) is 3.37. The van der Waals surface area contributed by atoms with Gasteiger partial charge in [-0.1, -0.05) is 18.2 Å². The van der Waals surface area contributed by atoms with Gasteiger partial charge < -0.3 is 15.4 Å². The Morgan fingerprint density at radius 2 is 2.03 bits per heavy atom. The largest absolute Gasteiger partial charge is 0.475 e. The molecule has 0 bridgehead atoms. The Bertz CT molecular complexity index is 1190. The molecule has 0 saturated carbocycles. The Hall–Kier alpha value is -4.14. The van der Waals surface area contributed by atoms with Crippen molar-refractivity contribution in [2.75, 3.05) is 11.9 Å². The molecule has 0 unspecified atom stereocenters. The van der Waals surface area contributed by atoms with E-state index in [1.807, 2.05) is 25.4 Å². The fourth-order valence-corrected chi connectivity index (χ4v) is 3.57. The van der Waals surface area contributed by atoms with Gasteiger partial charge in [-0.05, 0) is 42.8 Å². The summed E-state index contributed by atoms with van der Waals surface area (Å²) in [6.45, 7) is 0.575. The molecule has 154 valence electrons. The summed E-state index contributed by atoms with van der Waals surface area (Å²) in [5.74, 6) is 0.0831. The van der Waals surface area contributed by atoms with E-state index in [1.54, 1.807) is 41.2 Å². The number of aromatic nitrogens is 2. The molecule has 31 heavy (non-hydrogen) atoms. The van der Waals surface area contributed by atoms with E-state index in [1.165, 1.54) is 0 Å². The van der Waals surface area contributed by atoms with Gasteiger partial charge in [0.15, 0.2) is 11.9 Å². The lowest BCUT2D eigenvalue weighted by atomic mass is 10.0. The van der Waals surface area contributed by atoms with Crippen molar-refractivity contribution in [3.8, 4) is 17.9 Å². The van der Waals surface area contributed by atoms with Crippen molar-refractivity contribution in [3.05, 3.63) is 77.1 Å². The van der Waals surface area contributed by atoms with Crippen molar-refractivity contribution in [1.29, 1.82) is 10.5 Å². The summed E-state index contributed by atoms with van der Waals surface area (Å²) in [5, 5.41) is 28.8. The quantitative estimate of drug-likeness (QED) is 0.642. The highest BCUT2D eigenvalue weighted by Gasteiger charge is 2.37. The lowest BCUT2D eigenvalue weighted by Gasteiger charge is -2.32. The van der Waals surface area contributed by atoms with E-state index in [-0.39, 0.29) is 5.91 Å². The lowest BCUT2D eigenvalue weighted by molar-refractivity contribution is -0.125. The van der Waals surface area contributed by atoms with Crippen LogP contribution in [0.1, 0.15) is 28.3 Å². The Morgan fingerprint density at radius 1 is 1.23 bits per heavy atom. The van der Waals surface area contributed by atoms with Crippen molar-refractivity contribution in [2.45, 2.75) is 18.6 Å². The maximum atomic E-state index is 12.9. The third-order valence-electron chi connectivity index (χ3n) is 5.14. The molecule has 2 aromatic carbocycles. The molecule has 1 amide bonds. The van der Waals surface area contributed by atoms with Gasteiger partial charge >= 0.3 is 0 Å². The van der Waals surface area contributed by atoms with E-state index in [4.69, 9.17) is 10.00 Å². The molecule has 2 N–H and O–H groups in total. The molecule has 0 aliphatic carbocycles. The second-order valence-corrected chi connectivity index (χ2v) is 7.26. The van der Waals surface area contributed by atoms with Gasteiger partial charge in [-0.25, -0.2) is 0 Å². The highest BCUT2D eigenvalue weighted by atomic mass is 16.5. The van der Waals surface area contributed by atoms with Crippen LogP contribution in [-0.4, -0.2) is 28.3 Å². The number of fused-ring (bicyclic) bond motifs is 1. The molecule has 2 heterocycles. The summed E-state index contributed by atoms with van der Waals surface area (Å²) >= 11 is 0. The molecule has 0 saturated heterocycles. The molecule has 8 heteroatoms. The zero-order chi connectivity index (χ0) is 21.8. The zero-order valence-corrected chi connectivity index (χ0v) is 16.9. The highest BCUT2D eigenvalue weighted by Crippen LogP contribution is 2.36. The van der Waals surface area contributed by atoms with Crippen molar-refractivity contribution in [1.82, 2.24) is 15.1 Å². The van der Waals surface area contributed by atoms with E-state index in [0.717, 1.165) is 11.1 Å². The van der Waals surface area contributed by atoms with Gasteiger partial charge in [0.25, 0.3) is 5.91 Å².